The monoisotopic (exact) mass is 181 g/mol. The lowest BCUT2D eigenvalue weighted by Crippen LogP contribution is -2.27. The summed E-state index contributed by atoms with van der Waals surface area (Å²) in [6.45, 7) is 3.27. The minimum absolute atomic E-state index is 0.235. The van der Waals surface area contributed by atoms with E-state index in [0.717, 1.165) is 6.26 Å². The summed E-state index contributed by atoms with van der Waals surface area (Å²) in [4.78, 5) is 0. The van der Waals surface area contributed by atoms with Gasteiger partial charge in [-0.1, -0.05) is 13.8 Å². The molecular weight excluding hydrogens is 168 g/mol. The quantitative estimate of drug-likeness (QED) is 0.655. The van der Waals surface area contributed by atoms with Gasteiger partial charge >= 0.3 is 0 Å². The van der Waals surface area contributed by atoms with Crippen LogP contribution in [0.25, 0.3) is 0 Å². The lowest BCUT2D eigenvalue weighted by molar-refractivity contribution is 0.590. The molecule has 1 nitrogen and oxygen atoms in total. The van der Waals surface area contributed by atoms with Crippen molar-refractivity contribution in [1.29, 1.82) is 5.26 Å². The highest BCUT2D eigenvalue weighted by Gasteiger charge is 2.43. The Morgan fingerprint density at radius 3 is 1.73 bits per heavy atom. The summed E-state index contributed by atoms with van der Waals surface area (Å²) >= 11 is 0. The van der Waals surface area contributed by atoms with Crippen molar-refractivity contribution in [2.45, 2.75) is 31.4 Å². The van der Waals surface area contributed by atoms with Crippen LogP contribution < -0.4 is 0 Å². The molecule has 0 bridgehead atoms. The molecule has 0 aliphatic carbocycles. The molecule has 0 saturated heterocycles. The molecule has 11 heavy (non-hydrogen) atoms. The van der Waals surface area contributed by atoms with Crippen molar-refractivity contribution in [3.05, 3.63) is 0 Å². The highest BCUT2D eigenvalue weighted by Crippen LogP contribution is 2.61. The first-order valence-corrected chi connectivity index (χ1v) is 5.36. The van der Waals surface area contributed by atoms with Crippen molar-refractivity contribution in [3.8, 4) is 6.07 Å². The van der Waals surface area contributed by atoms with Crippen LogP contribution >= 0.6 is 10.8 Å². The highest BCUT2D eigenvalue weighted by molar-refractivity contribution is 8.26. The van der Waals surface area contributed by atoms with Gasteiger partial charge in [-0.2, -0.15) is 13.0 Å². The molecule has 0 radical (unpaired) electrons. The zero-order valence-electron chi connectivity index (χ0n) is 7.03. The minimum Gasteiger partial charge on any atom is -0.197 e. The molecule has 0 aromatic carbocycles. The van der Waals surface area contributed by atoms with E-state index in [2.05, 4.69) is 0 Å². The Hall–Kier alpha value is -0.300. The number of halogens is 2. The van der Waals surface area contributed by atoms with Crippen molar-refractivity contribution in [2.75, 3.05) is 6.26 Å². The van der Waals surface area contributed by atoms with Crippen LogP contribution in [0.15, 0.2) is 0 Å². The normalized spacial score (nSPS) is 14.2. The van der Waals surface area contributed by atoms with E-state index in [1.165, 1.54) is 0 Å². The van der Waals surface area contributed by atoms with E-state index in [9.17, 15) is 7.77 Å². The third-order valence-corrected chi connectivity index (χ3v) is 4.07. The second-order valence-corrected chi connectivity index (χ2v) is 4.77. The summed E-state index contributed by atoms with van der Waals surface area (Å²) in [5.41, 5.74) is 0. The number of hydrogen-bond acceptors (Lipinski definition) is 1. The number of hydrogen-bond donors (Lipinski definition) is 0. The molecule has 0 heterocycles. The molecule has 0 atom stereocenters. The minimum atomic E-state index is -3.74. The predicted molar refractivity (Wildman–Crippen MR) is 44.7 cm³/mol. The maximum atomic E-state index is 12.9. The predicted octanol–water partition coefficient (Wildman–Crippen LogP) is 3.27. The molecule has 0 aliphatic rings. The lowest BCUT2D eigenvalue weighted by atomic mass is 10.1. The molecule has 4 heteroatoms. The molecule has 0 aromatic heterocycles. The first-order valence-electron chi connectivity index (χ1n) is 3.52. The van der Waals surface area contributed by atoms with E-state index in [1.54, 1.807) is 19.9 Å². The van der Waals surface area contributed by atoms with Gasteiger partial charge in [0.1, 0.15) is 4.75 Å². The van der Waals surface area contributed by atoms with Crippen LogP contribution in [0.3, 0.4) is 0 Å². The number of rotatable bonds is 3. The maximum Gasteiger partial charge on any atom is 0.139 e. The third kappa shape index (κ3) is 1.84. The zero-order chi connectivity index (χ0) is 9.12. The van der Waals surface area contributed by atoms with E-state index in [0.29, 0.717) is 0 Å². The molecular formula is C7H13F2NS. The molecule has 0 aromatic rings. The fourth-order valence-electron chi connectivity index (χ4n) is 0.995. The van der Waals surface area contributed by atoms with Crippen LogP contribution in [-0.4, -0.2) is 11.0 Å². The molecule has 0 aliphatic heterocycles. The standard InChI is InChI=1S/C7H13F2NS/c1-4-7(5-2,6-10)11(3,8)9/h4-5H2,1-3H3. The molecule has 0 fully saturated rings. The Labute approximate surface area is 68.3 Å². The van der Waals surface area contributed by atoms with Crippen molar-refractivity contribution < 1.29 is 7.77 Å². The summed E-state index contributed by atoms with van der Waals surface area (Å²) < 4.78 is 24.4. The summed E-state index contributed by atoms with van der Waals surface area (Å²) in [5, 5.41) is 8.60. The van der Waals surface area contributed by atoms with Gasteiger partial charge in [0, 0.05) is 6.26 Å². The second kappa shape index (κ2) is 3.40. The van der Waals surface area contributed by atoms with Crippen LogP contribution in [0.2, 0.25) is 0 Å². The van der Waals surface area contributed by atoms with Crippen LogP contribution in [0.4, 0.5) is 7.77 Å². The molecule has 0 saturated carbocycles. The van der Waals surface area contributed by atoms with E-state index >= 15 is 0 Å². The molecule has 0 amide bonds. The van der Waals surface area contributed by atoms with Gasteiger partial charge in [-0.15, -0.1) is 0 Å². The Kier molecular flexibility index (Phi) is 3.30. The lowest BCUT2D eigenvalue weighted by Gasteiger charge is -2.33. The van der Waals surface area contributed by atoms with Gasteiger partial charge in [-0.05, 0) is 12.8 Å². The van der Waals surface area contributed by atoms with Crippen LogP contribution in [0.5, 0.6) is 0 Å². The first-order chi connectivity index (χ1) is 4.93. The Morgan fingerprint density at radius 2 is 1.73 bits per heavy atom. The first kappa shape index (κ1) is 10.7. The fraction of sp³-hybridized carbons (Fsp3) is 0.857. The number of nitriles is 1. The van der Waals surface area contributed by atoms with Gasteiger partial charge in [0.15, 0.2) is 0 Å². The van der Waals surface area contributed by atoms with Gasteiger partial charge in [0.05, 0.1) is 16.9 Å². The van der Waals surface area contributed by atoms with Crippen LogP contribution in [0.1, 0.15) is 26.7 Å². The summed E-state index contributed by atoms with van der Waals surface area (Å²) in [7, 11) is -3.74. The van der Waals surface area contributed by atoms with Crippen LogP contribution in [0, 0.1) is 11.3 Å². The summed E-state index contributed by atoms with van der Waals surface area (Å²) in [6.07, 6.45) is 1.36. The Morgan fingerprint density at radius 1 is 1.36 bits per heavy atom. The Bertz CT molecular complexity index is 164. The van der Waals surface area contributed by atoms with Gasteiger partial charge in [-0.3, -0.25) is 0 Å². The van der Waals surface area contributed by atoms with E-state index in [-0.39, 0.29) is 12.8 Å². The zero-order valence-corrected chi connectivity index (χ0v) is 7.84. The van der Waals surface area contributed by atoms with Crippen LogP contribution in [-0.2, 0) is 0 Å². The average Bonchev–Trinajstić information content (AvgIpc) is 1.90. The molecule has 0 rings (SSSR count). The smallest absolute Gasteiger partial charge is 0.139 e. The van der Waals surface area contributed by atoms with Crippen molar-refractivity contribution in [1.82, 2.24) is 0 Å². The largest absolute Gasteiger partial charge is 0.197 e. The third-order valence-electron chi connectivity index (χ3n) is 2.03. The van der Waals surface area contributed by atoms with Gasteiger partial charge < -0.3 is 0 Å². The summed E-state index contributed by atoms with van der Waals surface area (Å²) in [5.74, 6) is 0. The average molecular weight is 181 g/mol. The molecule has 0 unspecified atom stereocenters. The van der Waals surface area contributed by atoms with Crippen molar-refractivity contribution >= 4 is 10.8 Å². The van der Waals surface area contributed by atoms with E-state index in [1.807, 2.05) is 0 Å². The molecule has 66 valence electrons. The second-order valence-electron chi connectivity index (χ2n) is 2.54. The Balaban J connectivity index is 4.73. The maximum absolute atomic E-state index is 12.9. The van der Waals surface area contributed by atoms with Crippen molar-refractivity contribution in [3.63, 3.8) is 0 Å². The fourth-order valence-corrected chi connectivity index (χ4v) is 2.17. The van der Waals surface area contributed by atoms with Gasteiger partial charge in [0.25, 0.3) is 0 Å². The van der Waals surface area contributed by atoms with E-state index in [4.69, 9.17) is 5.26 Å². The van der Waals surface area contributed by atoms with Crippen molar-refractivity contribution in [2.24, 2.45) is 0 Å². The number of nitrogens with zero attached hydrogens (tertiary/aromatic N) is 1. The van der Waals surface area contributed by atoms with Gasteiger partial charge in [0.2, 0.25) is 0 Å². The van der Waals surface area contributed by atoms with E-state index < -0.39 is 15.5 Å². The van der Waals surface area contributed by atoms with Gasteiger partial charge in [-0.25, -0.2) is 0 Å². The topological polar surface area (TPSA) is 23.8 Å². The SMILES string of the molecule is CCC(C#N)(CC)S(C)(F)F. The molecule has 0 spiro atoms. The highest BCUT2D eigenvalue weighted by atomic mass is 32.3. The summed E-state index contributed by atoms with van der Waals surface area (Å²) in [6, 6.07) is 1.74. The molecule has 0 N–H and O–H groups in total.